The van der Waals surface area contributed by atoms with Crippen LogP contribution in [0.1, 0.15) is 17.5 Å². The Morgan fingerprint density at radius 1 is 1.20 bits per heavy atom. The molecule has 0 radical (unpaired) electrons. The lowest BCUT2D eigenvalue weighted by molar-refractivity contribution is -0.122. The number of benzene rings is 2. The number of carbonyl (C=O) groups is 2. The number of anilines is 2. The van der Waals surface area contributed by atoms with Gasteiger partial charge < -0.3 is 15.0 Å². The molecular weight excluding hydrogens is 316 g/mol. The predicted molar refractivity (Wildman–Crippen MR) is 98.0 cm³/mol. The van der Waals surface area contributed by atoms with Crippen molar-refractivity contribution in [2.45, 2.75) is 20.3 Å². The summed E-state index contributed by atoms with van der Waals surface area (Å²) >= 11 is 0. The highest BCUT2D eigenvalue weighted by Gasteiger charge is 2.36. The van der Waals surface area contributed by atoms with Crippen molar-refractivity contribution >= 4 is 23.2 Å². The fraction of sp³-hybridized carbons (Fsp3) is 0.300. The number of aryl methyl sites for hydroxylation is 2. The summed E-state index contributed by atoms with van der Waals surface area (Å²) in [5.74, 6) is 0.0711. The molecule has 2 amide bonds. The van der Waals surface area contributed by atoms with E-state index in [9.17, 15) is 9.59 Å². The third-order valence-electron chi connectivity index (χ3n) is 4.52. The van der Waals surface area contributed by atoms with Gasteiger partial charge in [-0.25, -0.2) is 0 Å². The van der Waals surface area contributed by atoms with Crippen LogP contribution in [0.25, 0.3) is 0 Å². The zero-order valence-electron chi connectivity index (χ0n) is 14.7. The van der Waals surface area contributed by atoms with Crippen LogP contribution in [0.3, 0.4) is 0 Å². The predicted octanol–water partition coefficient (Wildman–Crippen LogP) is 3.30. The first-order valence-corrected chi connectivity index (χ1v) is 8.31. The molecule has 1 atom stereocenters. The maximum Gasteiger partial charge on any atom is 0.229 e. The summed E-state index contributed by atoms with van der Waals surface area (Å²) in [7, 11) is 1.58. The number of methoxy groups -OCH3 is 1. The lowest BCUT2D eigenvalue weighted by atomic mass is 10.1. The Kier molecular flexibility index (Phi) is 4.74. The second-order valence-corrected chi connectivity index (χ2v) is 6.38. The van der Waals surface area contributed by atoms with Crippen LogP contribution >= 0.6 is 0 Å². The normalized spacial score (nSPS) is 16.8. The highest BCUT2D eigenvalue weighted by molar-refractivity contribution is 6.04. The second kappa shape index (κ2) is 6.97. The SMILES string of the molecule is COc1ccc(C)cc1N1C[C@@H](C(=O)Nc2ccccc2C)CC1=O. The first-order chi connectivity index (χ1) is 12.0. The van der Waals surface area contributed by atoms with E-state index in [2.05, 4.69) is 5.32 Å². The van der Waals surface area contributed by atoms with E-state index in [-0.39, 0.29) is 24.2 Å². The fourth-order valence-electron chi connectivity index (χ4n) is 3.07. The molecule has 5 nitrogen and oxygen atoms in total. The van der Waals surface area contributed by atoms with Gasteiger partial charge in [0.05, 0.1) is 18.7 Å². The van der Waals surface area contributed by atoms with Gasteiger partial charge in [0.2, 0.25) is 11.8 Å². The van der Waals surface area contributed by atoms with Gasteiger partial charge in [0.25, 0.3) is 0 Å². The van der Waals surface area contributed by atoms with Gasteiger partial charge in [0, 0.05) is 18.7 Å². The van der Waals surface area contributed by atoms with Crippen molar-refractivity contribution in [3.63, 3.8) is 0 Å². The number of rotatable bonds is 4. The fourth-order valence-corrected chi connectivity index (χ4v) is 3.07. The van der Waals surface area contributed by atoms with Crippen molar-refractivity contribution in [1.29, 1.82) is 0 Å². The molecule has 1 aliphatic rings. The van der Waals surface area contributed by atoms with E-state index in [1.54, 1.807) is 12.0 Å². The molecule has 2 aromatic carbocycles. The van der Waals surface area contributed by atoms with E-state index in [0.717, 1.165) is 22.5 Å². The van der Waals surface area contributed by atoms with Gasteiger partial charge in [-0.05, 0) is 43.2 Å². The number of hydrogen-bond donors (Lipinski definition) is 1. The van der Waals surface area contributed by atoms with Crippen molar-refractivity contribution in [1.82, 2.24) is 0 Å². The lowest BCUT2D eigenvalue weighted by Crippen LogP contribution is -2.28. The number of nitrogens with zero attached hydrogens (tertiary/aromatic N) is 1. The Bertz CT molecular complexity index is 816. The summed E-state index contributed by atoms with van der Waals surface area (Å²) in [6, 6.07) is 13.3. The van der Waals surface area contributed by atoms with Crippen LogP contribution in [0.4, 0.5) is 11.4 Å². The minimum atomic E-state index is -0.377. The molecule has 0 spiro atoms. The summed E-state index contributed by atoms with van der Waals surface area (Å²) in [5.41, 5.74) is 3.54. The second-order valence-electron chi connectivity index (χ2n) is 6.38. The molecule has 3 rings (SSSR count). The van der Waals surface area contributed by atoms with Crippen molar-refractivity contribution in [3.8, 4) is 5.75 Å². The van der Waals surface area contributed by atoms with E-state index in [1.807, 2.05) is 56.3 Å². The van der Waals surface area contributed by atoms with Crippen molar-refractivity contribution < 1.29 is 14.3 Å². The molecule has 1 saturated heterocycles. The largest absolute Gasteiger partial charge is 0.495 e. The number of nitrogens with one attached hydrogen (secondary N) is 1. The smallest absolute Gasteiger partial charge is 0.229 e. The van der Waals surface area contributed by atoms with Gasteiger partial charge in [-0.1, -0.05) is 24.3 Å². The van der Waals surface area contributed by atoms with E-state index < -0.39 is 0 Å². The van der Waals surface area contributed by atoms with Crippen LogP contribution in [0.2, 0.25) is 0 Å². The average Bonchev–Trinajstić information content (AvgIpc) is 2.98. The maximum absolute atomic E-state index is 12.6. The molecule has 0 aliphatic carbocycles. The molecule has 5 heteroatoms. The first kappa shape index (κ1) is 17.0. The first-order valence-electron chi connectivity index (χ1n) is 8.31. The molecule has 0 unspecified atom stereocenters. The molecule has 0 aromatic heterocycles. The Labute approximate surface area is 147 Å². The van der Waals surface area contributed by atoms with Crippen LogP contribution < -0.4 is 15.0 Å². The quantitative estimate of drug-likeness (QED) is 0.930. The Hall–Kier alpha value is -2.82. The van der Waals surface area contributed by atoms with E-state index in [1.165, 1.54) is 0 Å². The van der Waals surface area contributed by atoms with Gasteiger partial charge in [-0.3, -0.25) is 9.59 Å². The third kappa shape index (κ3) is 3.50. The third-order valence-corrected chi connectivity index (χ3v) is 4.52. The summed E-state index contributed by atoms with van der Waals surface area (Å²) in [6.45, 7) is 4.27. The van der Waals surface area contributed by atoms with Crippen molar-refractivity contribution in [2.24, 2.45) is 5.92 Å². The van der Waals surface area contributed by atoms with Crippen LogP contribution in [0.5, 0.6) is 5.75 Å². The lowest BCUT2D eigenvalue weighted by Gasteiger charge is -2.20. The van der Waals surface area contributed by atoms with Gasteiger partial charge in [-0.15, -0.1) is 0 Å². The van der Waals surface area contributed by atoms with Gasteiger partial charge in [0.15, 0.2) is 0 Å². The minimum absolute atomic E-state index is 0.0613. The van der Waals surface area contributed by atoms with Crippen molar-refractivity contribution in [2.75, 3.05) is 23.9 Å². The summed E-state index contributed by atoms with van der Waals surface area (Å²) in [5, 5.41) is 2.94. The van der Waals surface area contributed by atoms with Crippen LogP contribution in [-0.2, 0) is 9.59 Å². The highest BCUT2D eigenvalue weighted by Crippen LogP contribution is 2.34. The summed E-state index contributed by atoms with van der Waals surface area (Å²) in [6.07, 6.45) is 0.203. The number of amides is 2. The van der Waals surface area contributed by atoms with E-state index in [4.69, 9.17) is 4.74 Å². The zero-order chi connectivity index (χ0) is 18.0. The van der Waals surface area contributed by atoms with Gasteiger partial charge in [-0.2, -0.15) is 0 Å². The molecule has 25 heavy (non-hydrogen) atoms. The zero-order valence-corrected chi connectivity index (χ0v) is 14.7. The van der Waals surface area contributed by atoms with Crippen LogP contribution in [0, 0.1) is 19.8 Å². The minimum Gasteiger partial charge on any atom is -0.495 e. The number of hydrogen-bond acceptors (Lipinski definition) is 3. The highest BCUT2D eigenvalue weighted by atomic mass is 16.5. The monoisotopic (exact) mass is 338 g/mol. The van der Waals surface area contributed by atoms with Gasteiger partial charge in [0.1, 0.15) is 5.75 Å². The van der Waals surface area contributed by atoms with Crippen LogP contribution in [-0.4, -0.2) is 25.5 Å². The summed E-state index contributed by atoms with van der Waals surface area (Å²) in [4.78, 5) is 26.7. The van der Waals surface area contributed by atoms with Crippen LogP contribution in [0.15, 0.2) is 42.5 Å². The average molecular weight is 338 g/mol. The standard InChI is InChI=1S/C20H22N2O3/c1-13-8-9-18(25-3)17(10-13)22-12-15(11-19(22)23)20(24)21-16-7-5-4-6-14(16)2/h4-10,15H,11-12H2,1-3H3,(H,21,24)/t15-/m0/s1. The van der Waals surface area contributed by atoms with E-state index >= 15 is 0 Å². The molecule has 1 heterocycles. The molecule has 1 fully saturated rings. The molecule has 1 aliphatic heterocycles. The Morgan fingerprint density at radius 3 is 2.68 bits per heavy atom. The molecule has 1 N–H and O–H groups in total. The van der Waals surface area contributed by atoms with Gasteiger partial charge >= 0.3 is 0 Å². The molecule has 130 valence electrons. The maximum atomic E-state index is 12.6. The summed E-state index contributed by atoms with van der Waals surface area (Å²) < 4.78 is 5.37. The molecular formula is C20H22N2O3. The molecule has 0 saturated carbocycles. The van der Waals surface area contributed by atoms with E-state index in [0.29, 0.717) is 12.3 Å². The topological polar surface area (TPSA) is 58.6 Å². The van der Waals surface area contributed by atoms with Crippen molar-refractivity contribution in [3.05, 3.63) is 53.6 Å². The Balaban J connectivity index is 1.78. The number of ether oxygens (including phenoxy) is 1. The number of carbonyl (C=O) groups excluding carboxylic acids is 2. The molecule has 2 aromatic rings. The number of para-hydroxylation sites is 1. The Morgan fingerprint density at radius 2 is 1.96 bits per heavy atom. The molecule has 0 bridgehead atoms.